The summed E-state index contributed by atoms with van der Waals surface area (Å²) in [6, 6.07) is 0. The van der Waals surface area contributed by atoms with Crippen LogP contribution in [0.1, 0.15) is 11.5 Å². The van der Waals surface area contributed by atoms with Crippen LogP contribution in [0.3, 0.4) is 0 Å². The highest BCUT2D eigenvalue weighted by Gasteiger charge is 2.15. The minimum atomic E-state index is 0.684. The van der Waals surface area contributed by atoms with Crippen LogP contribution < -0.4 is 5.73 Å². The zero-order valence-electron chi connectivity index (χ0n) is 9.44. The Kier molecular flexibility index (Phi) is 2.03. The highest BCUT2D eigenvalue weighted by molar-refractivity contribution is 5.72. The zero-order valence-corrected chi connectivity index (χ0v) is 9.44. The van der Waals surface area contributed by atoms with Crippen LogP contribution in [0.5, 0.6) is 0 Å². The third kappa shape index (κ3) is 1.40. The number of rotatable bonds is 1. The van der Waals surface area contributed by atoms with E-state index in [-0.39, 0.29) is 0 Å². The first-order chi connectivity index (χ1) is 7.00. The highest BCUT2D eigenvalue weighted by Crippen LogP contribution is 2.27. The molecular formula is C10H15N5. The monoisotopic (exact) mass is 205 g/mol. The minimum Gasteiger partial charge on any atom is -0.383 e. The lowest BCUT2D eigenvalue weighted by Crippen LogP contribution is -1.98. The van der Waals surface area contributed by atoms with E-state index in [1.165, 1.54) is 0 Å². The lowest BCUT2D eigenvalue weighted by atomic mass is 10.2. The number of imidazole rings is 1. The third-order valence-corrected chi connectivity index (χ3v) is 2.63. The fraction of sp³-hybridized carbons (Fsp3) is 0.400. The predicted octanol–water partition coefficient (Wildman–Crippen LogP) is 1.02. The number of hydrogen-bond acceptors (Lipinski definition) is 3. The van der Waals surface area contributed by atoms with Crippen LogP contribution >= 0.6 is 0 Å². The molecule has 0 amide bonds. The lowest BCUT2D eigenvalue weighted by Gasteiger charge is -1.98. The highest BCUT2D eigenvalue weighted by atomic mass is 15.3. The van der Waals surface area contributed by atoms with E-state index in [4.69, 9.17) is 5.73 Å². The number of nitrogens with two attached hydrogens (primary N) is 1. The largest absolute Gasteiger partial charge is 0.383 e. The number of aromatic nitrogens is 4. The molecule has 2 heterocycles. The van der Waals surface area contributed by atoms with Crippen molar-refractivity contribution >= 4 is 5.82 Å². The van der Waals surface area contributed by atoms with Gasteiger partial charge in [0.15, 0.2) is 0 Å². The molecule has 5 heteroatoms. The van der Waals surface area contributed by atoms with E-state index >= 15 is 0 Å². The summed E-state index contributed by atoms with van der Waals surface area (Å²) in [7, 11) is 3.80. The molecule has 0 fully saturated rings. The van der Waals surface area contributed by atoms with Gasteiger partial charge in [0, 0.05) is 25.9 Å². The molecule has 0 saturated carbocycles. The maximum atomic E-state index is 5.98. The van der Waals surface area contributed by atoms with E-state index in [9.17, 15) is 0 Å². The Morgan fingerprint density at radius 2 is 1.93 bits per heavy atom. The molecule has 0 spiro atoms. The molecule has 2 rings (SSSR count). The smallest absolute Gasteiger partial charge is 0.131 e. The molecule has 0 aromatic carbocycles. The number of anilines is 1. The summed E-state index contributed by atoms with van der Waals surface area (Å²) >= 11 is 0. The van der Waals surface area contributed by atoms with Crippen molar-refractivity contribution in [2.75, 3.05) is 5.73 Å². The van der Waals surface area contributed by atoms with E-state index < -0.39 is 0 Å². The SMILES string of the molecule is Cc1nn(C)cc1-c1nc(C)n(C)c1N. The van der Waals surface area contributed by atoms with Crippen molar-refractivity contribution in [2.45, 2.75) is 13.8 Å². The van der Waals surface area contributed by atoms with Crippen LogP contribution in [0.15, 0.2) is 6.20 Å². The fourth-order valence-electron chi connectivity index (χ4n) is 1.66. The van der Waals surface area contributed by atoms with E-state index in [1.807, 2.05) is 38.7 Å². The van der Waals surface area contributed by atoms with Gasteiger partial charge < -0.3 is 10.3 Å². The molecule has 15 heavy (non-hydrogen) atoms. The molecule has 2 aromatic rings. The molecule has 0 atom stereocenters. The second-order valence-electron chi connectivity index (χ2n) is 3.75. The average Bonchev–Trinajstić information content (AvgIpc) is 2.61. The Labute approximate surface area is 88.5 Å². The van der Waals surface area contributed by atoms with Crippen LogP contribution in [0.4, 0.5) is 5.82 Å². The Hall–Kier alpha value is -1.78. The summed E-state index contributed by atoms with van der Waals surface area (Å²) in [4.78, 5) is 4.44. The van der Waals surface area contributed by atoms with Gasteiger partial charge in [0.2, 0.25) is 0 Å². The molecule has 0 unspecified atom stereocenters. The van der Waals surface area contributed by atoms with Gasteiger partial charge in [-0.1, -0.05) is 0 Å². The summed E-state index contributed by atoms with van der Waals surface area (Å²) < 4.78 is 3.65. The lowest BCUT2D eigenvalue weighted by molar-refractivity contribution is 0.756. The minimum absolute atomic E-state index is 0.684. The van der Waals surface area contributed by atoms with Gasteiger partial charge >= 0.3 is 0 Å². The molecule has 2 aromatic heterocycles. The molecule has 0 saturated heterocycles. The van der Waals surface area contributed by atoms with E-state index in [0.29, 0.717) is 5.82 Å². The van der Waals surface area contributed by atoms with Crippen molar-refractivity contribution in [1.82, 2.24) is 19.3 Å². The van der Waals surface area contributed by atoms with Crippen LogP contribution in [0, 0.1) is 13.8 Å². The second kappa shape index (κ2) is 3.12. The van der Waals surface area contributed by atoms with Gasteiger partial charge in [0.1, 0.15) is 17.3 Å². The van der Waals surface area contributed by atoms with Crippen LogP contribution in [-0.4, -0.2) is 19.3 Å². The quantitative estimate of drug-likeness (QED) is 0.756. The molecule has 0 aliphatic carbocycles. The van der Waals surface area contributed by atoms with Gasteiger partial charge in [-0.05, 0) is 13.8 Å². The Morgan fingerprint density at radius 3 is 2.33 bits per heavy atom. The van der Waals surface area contributed by atoms with Crippen molar-refractivity contribution in [3.8, 4) is 11.3 Å². The Morgan fingerprint density at radius 1 is 1.27 bits per heavy atom. The molecule has 0 bridgehead atoms. The average molecular weight is 205 g/mol. The van der Waals surface area contributed by atoms with Gasteiger partial charge in [-0.25, -0.2) is 4.98 Å². The second-order valence-corrected chi connectivity index (χ2v) is 3.75. The molecule has 80 valence electrons. The number of nitrogens with zero attached hydrogens (tertiary/aromatic N) is 4. The number of nitrogen functional groups attached to an aromatic ring is 1. The Bertz CT molecular complexity index is 506. The topological polar surface area (TPSA) is 61.7 Å². The first-order valence-corrected chi connectivity index (χ1v) is 4.80. The van der Waals surface area contributed by atoms with Crippen molar-refractivity contribution in [2.24, 2.45) is 14.1 Å². The van der Waals surface area contributed by atoms with Crippen molar-refractivity contribution in [1.29, 1.82) is 0 Å². The van der Waals surface area contributed by atoms with Gasteiger partial charge in [-0.2, -0.15) is 5.10 Å². The van der Waals surface area contributed by atoms with E-state index in [1.54, 1.807) is 4.68 Å². The zero-order chi connectivity index (χ0) is 11.2. The van der Waals surface area contributed by atoms with Crippen LogP contribution in [0.2, 0.25) is 0 Å². The molecule has 5 nitrogen and oxygen atoms in total. The summed E-state index contributed by atoms with van der Waals surface area (Å²) in [6.45, 7) is 3.89. The van der Waals surface area contributed by atoms with Gasteiger partial charge in [0.25, 0.3) is 0 Å². The summed E-state index contributed by atoms with van der Waals surface area (Å²) in [6.07, 6.45) is 1.94. The summed E-state index contributed by atoms with van der Waals surface area (Å²) in [5.74, 6) is 1.59. The van der Waals surface area contributed by atoms with Crippen LogP contribution in [0.25, 0.3) is 11.3 Å². The molecule has 2 N–H and O–H groups in total. The van der Waals surface area contributed by atoms with Crippen molar-refractivity contribution in [3.63, 3.8) is 0 Å². The molecule has 0 radical (unpaired) electrons. The summed E-state index contributed by atoms with van der Waals surface area (Å²) in [5, 5.41) is 4.28. The van der Waals surface area contributed by atoms with Crippen LogP contribution in [-0.2, 0) is 14.1 Å². The van der Waals surface area contributed by atoms with E-state index in [2.05, 4.69) is 10.1 Å². The Balaban J connectivity index is 2.64. The molecule has 0 aliphatic heterocycles. The van der Waals surface area contributed by atoms with Crippen molar-refractivity contribution in [3.05, 3.63) is 17.7 Å². The number of hydrogen-bond donors (Lipinski definition) is 1. The van der Waals surface area contributed by atoms with Gasteiger partial charge in [0.05, 0.1) is 5.69 Å². The first kappa shape index (κ1) is 9.76. The standard InChI is InChI=1S/C10H15N5/c1-6-8(5-14(3)13-6)9-10(11)15(4)7(2)12-9/h5H,11H2,1-4H3. The molecular weight excluding hydrogens is 190 g/mol. The fourth-order valence-corrected chi connectivity index (χ4v) is 1.66. The van der Waals surface area contributed by atoms with E-state index in [0.717, 1.165) is 22.8 Å². The predicted molar refractivity (Wildman–Crippen MR) is 59.3 cm³/mol. The normalized spacial score (nSPS) is 10.9. The summed E-state index contributed by atoms with van der Waals surface area (Å²) in [5.41, 5.74) is 8.74. The number of aryl methyl sites for hydroxylation is 3. The maximum absolute atomic E-state index is 5.98. The molecule has 0 aliphatic rings. The van der Waals surface area contributed by atoms with Gasteiger partial charge in [-0.3, -0.25) is 4.68 Å². The first-order valence-electron chi connectivity index (χ1n) is 4.80. The third-order valence-electron chi connectivity index (χ3n) is 2.63. The van der Waals surface area contributed by atoms with Crippen molar-refractivity contribution < 1.29 is 0 Å². The van der Waals surface area contributed by atoms with Gasteiger partial charge in [-0.15, -0.1) is 0 Å². The maximum Gasteiger partial charge on any atom is 0.131 e.